The van der Waals surface area contributed by atoms with Crippen LogP contribution in [0.3, 0.4) is 0 Å². The zero-order chi connectivity index (χ0) is 12.3. The first-order chi connectivity index (χ1) is 8.22. The van der Waals surface area contributed by atoms with E-state index in [9.17, 15) is 9.59 Å². The van der Waals surface area contributed by atoms with E-state index < -0.39 is 0 Å². The molecule has 5 heteroatoms. The molecule has 2 rings (SSSR count). The summed E-state index contributed by atoms with van der Waals surface area (Å²) >= 11 is 1.39. The molecule has 1 aromatic rings. The van der Waals surface area contributed by atoms with E-state index in [0.717, 1.165) is 25.7 Å². The van der Waals surface area contributed by atoms with Gasteiger partial charge in [-0.2, -0.15) is 0 Å². The zero-order valence-corrected chi connectivity index (χ0v) is 10.6. The predicted octanol–water partition coefficient (Wildman–Crippen LogP) is 2.24. The topological polar surface area (TPSA) is 58.2 Å². The molecule has 2 amide bonds. The number of carbonyl (C=O) groups excluding carboxylic acids is 2. The third-order valence-electron chi connectivity index (χ3n) is 3.10. The molecule has 1 aromatic heterocycles. The van der Waals surface area contributed by atoms with Crippen molar-refractivity contribution in [1.29, 1.82) is 0 Å². The quantitative estimate of drug-likeness (QED) is 0.866. The summed E-state index contributed by atoms with van der Waals surface area (Å²) in [4.78, 5) is 23.5. The third-order valence-corrected chi connectivity index (χ3v) is 3.93. The number of hydrogen-bond acceptors (Lipinski definition) is 3. The van der Waals surface area contributed by atoms with E-state index in [1.807, 2.05) is 5.38 Å². The predicted molar refractivity (Wildman–Crippen MR) is 68.3 cm³/mol. The van der Waals surface area contributed by atoms with E-state index in [2.05, 4.69) is 10.6 Å². The first-order valence-corrected chi connectivity index (χ1v) is 6.70. The van der Waals surface area contributed by atoms with E-state index in [4.69, 9.17) is 0 Å². The van der Waals surface area contributed by atoms with Crippen LogP contribution in [0.4, 0.5) is 5.00 Å². The summed E-state index contributed by atoms with van der Waals surface area (Å²) in [5.41, 5.74) is 0.545. The molecular formula is C12H16N2O2S. The summed E-state index contributed by atoms with van der Waals surface area (Å²) in [6.45, 7) is 0. The molecule has 1 saturated carbocycles. The molecule has 17 heavy (non-hydrogen) atoms. The first-order valence-electron chi connectivity index (χ1n) is 5.83. The minimum atomic E-state index is -0.159. The monoisotopic (exact) mass is 252 g/mol. The number of rotatable bonds is 3. The van der Waals surface area contributed by atoms with Crippen LogP contribution in [0.2, 0.25) is 0 Å². The molecule has 4 nitrogen and oxygen atoms in total. The molecule has 0 spiro atoms. The SMILES string of the molecule is CNC(=O)c1ccsc1NC(=O)C1CCCC1. The van der Waals surface area contributed by atoms with Crippen LogP contribution in [-0.4, -0.2) is 18.9 Å². The van der Waals surface area contributed by atoms with Gasteiger partial charge in [-0.15, -0.1) is 11.3 Å². The van der Waals surface area contributed by atoms with E-state index in [1.54, 1.807) is 13.1 Å². The molecule has 1 aliphatic carbocycles. The van der Waals surface area contributed by atoms with E-state index >= 15 is 0 Å². The molecular weight excluding hydrogens is 236 g/mol. The number of thiophene rings is 1. The van der Waals surface area contributed by atoms with Crippen molar-refractivity contribution >= 4 is 28.2 Å². The van der Waals surface area contributed by atoms with Gasteiger partial charge in [0.05, 0.1) is 5.56 Å². The van der Waals surface area contributed by atoms with Crippen molar-refractivity contribution in [2.75, 3.05) is 12.4 Å². The van der Waals surface area contributed by atoms with Crippen molar-refractivity contribution in [3.63, 3.8) is 0 Å². The van der Waals surface area contributed by atoms with Crippen LogP contribution in [0.1, 0.15) is 36.0 Å². The normalized spacial score (nSPS) is 15.8. The van der Waals surface area contributed by atoms with Gasteiger partial charge in [0.1, 0.15) is 5.00 Å². The highest BCUT2D eigenvalue weighted by molar-refractivity contribution is 7.14. The number of carbonyl (C=O) groups is 2. The first kappa shape index (κ1) is 12.1. The second-order valence-electron chi connectivity index (χ2n) is 4.21. The van der Waals surface area contributed by atoms with Crippen molar-refractivity contribution in [3.8, 4) is 0 Å². The Balaban J connectivity index is 2.05. The summed E-state index contributed by atoms with van der Waals surface area (Å²) in [7, 11) is 1.59. The lowest BCUT2D eigenvalue weighted by molar-refractivity contribution is -0.119. The molecule has 0 radical (unpaired) electrons. The smallest absolute Gasteiger partial charge is 0.254 e. The third kappa shape index (κ3) is 2.66. The molecule has 1 aliphatic rings. The van der Waals surface area contributed by atoms with Crippen LogP contribution < -0.4 is 10.6 Å². The van der Waals surface area contributed by atoms with Crippen molar-refractivity contribution in [2.24, 2.45) is 5.92 Å². The van der Waals surface area contributed by atoms with E-state index in [0.29, 0.717) is 10.6 Å². The Morgan fingerprint density at radius 3 is 2.71 bits per heavy atom. The molecule has 0 aliphatic heterocycles. The lowest BCUT2D eigenvalue weighted by Gasteiger charge is -2.10. The summed E-state index contributed by atoms with van der Waals surface area (Å²) in [5.74, 6) is 0.0118. The Bertz CT molecular complexity index is 422. The summed E-state index contributed by atoms with van der Waals surface area (Å²) in [6.07, 6.45) is 4.19. The molecule has 92 valence electrons. The summed E-state index contributed by atoms with van der Waals surface area (Å²) in [5, 5.41) is 7.90. The number of anilines is 1. The number of hydrogen-bond donors (Lipinski definition) is 2. The maximum absolute atomic E-state index is 11.9. The lowest BCUT2D eigenvalue weighted by atomic mass is 10.1. The average Bonchev–Trinajstić information content (AvgIpc) is 2.98. The second-order valence-corrected chi connectivity index (χ2v) is 5.13. The van der Waals surface area contributed by atoms with Gasteiger partial charge in [-0.25, -0.2) is 0 Å². The molecule has 1 heterocycles. The van der Waals surface area contributed by atoms with Gasteiger partial charge < -0.3 is 10.6 Å². The Hall–Kier alpha value is -1.36. The van der Waals surface area contributed by atoms with Gasteiger partial charge >= 0.3 is 0 Å². The summed E-state index contributed by atoms with van der Waals surface area (Å²) < 4.78 is 0. The Morgan fingerprint density at radius 2 is 2.06 bits per heavy atom. The minimum Gasteiger partial charge on any atom is -0.355 e. The van der Waals surface area contributed by atoms with Crippen LogP contribution in [0, 0.1) is 5.92 Å². The van der Waals surface area contributed by atoms with Crippen LogP contribution >= 0.6 is 11.3 Å². The van der Waals surface area contributed by atoms with Crippen LogP contribution in [0.25, 0.3) is 0 Å². The van der Waals surface area contributed by atoms with Gasteiger partial charge in [-0.05, 0) is 24.3 Å². The van der Waals surface area contributed by atoms with Gasteiger partial charge in [-0.1, -0.05) is 12.8 Å². The molecule has 2 N–H and O–H groups in total. The fraction of sp³-hybridized carbons (Fsp3) is 0.500. The molecule has 0 bridgehead atoms. The highest BCUT2D eigenvalue weighted by Crippen LogP contribution is 2.28. The molecule has 0 atom stereocenters. The van der Waals surface area contributed by atoms with Crippen molar-refractivity contribution in [2.45, 2.75) is 25.7 Å². The van der Waals surface area contributed by atoms with Crippen LogP contribution in [-0.2, 0) is 4.79 Å². The molecule has 1 fully saturated rings. The van der Waals surface area contributed by atoms with Crippen molar-refractivity contribution in [1.82, 2.24) is 5.32 Å². The standard InChI is InChI=1S/C12H16N2O2S/c1-13-11(16)9-6-7-17-12(9)14-10(15)8-4-2-3-5-8/h6-8H,2-5H2,1H3,(H,13,16)(H,14,15). The second kappa shape index (κ2) is 5.31. The van der Waals surface area contributed by atoms with Crippen molar-refractivity contribution < 1.29 is 9.59 Å². The molecule has 0 saturated heterocycles. The molecule has 0 aromatic carbocycles. The van der Waals surface area contributed by atoms with Gasteiger partial charge in [-0.3, -0.25) is 9.59 Å². The Labute approximate surface area is 104 Å². The van der Waals surface area contributed by atoms with Gasteiger partial charge in [0, 0.05) is 13.0 Å². The largest absolute Gasteiger partial charge is 0.355 e. The fourth-order valence-electron chi connectivity index (χ4n) is 2.12. The number of amides is 2. The van der Waals surface area contributed by atoms with Gasteiger partial charge in [0.2, 0.25) is 5.91 Å². The summed E-state index contributed by atoms with van der Waals surface area (Å²) in [6, 6.07) is 1.73. The molecule has 0 unspecified atom stereocenters. The fourth-order valence-corrected chi connectivity index (χ4v) is 2.91. The lowest BCUT2D eigenvalue weighted by Crippen LogP contribution is -2.23. The van der Waals surface area contributed by atoms with Gasteiger partial charge in [0.25, 0.3) is 5.91 Å². The maximum atomic E-state index is 11.9. The Morgan fingerprint density at radius 1 is 1.35 bits per heavy atom. The van der Waals surface area contributed by atoms with E-state index in [1.165, 1.54) is 11.3 Å². The van der Waals surface area contributed by atoms with Crippen molar-refractivity contribution in [3.05, 3.63) is 17.0 Å². The average molecular weight is 252 g/mol. The van der Waals surface area contributed by atoms with Gasteiger partial charge in [0.15, 0.2) is 0 Å². The highest BCUT2D eigenvalue weighted by Gasteiger charge is 2.24. The Kier molecular flexibility index (Phi) is 3.78. The van der Waals surface area contributed by atoms with Crippen LogP contribution in [0.15, 0.2) is 11.4 Å². The minimum absolute atomic E-state index is 0.0510. The number of nitrogens with one attached hydrogen (secondary N) is 2. The van der Waals surface area contributed by atoms with Crippen LogP contribution in [0.5, 0.6) is 0 Å². The van der Waals surface area contributed by atoms with E-state index in [-0.39, 0.29) is 17.7 Å². The zero-order valence-electron chi connectivity index (χ0n) is 9.79. The highest BCUT2D eigenvalue weighted by atomic mass is 32.1. The maximum Gasteiger partial charge on any atom is 0.254 e.